The molecule has 2 aromatic heterocycles. The lowest BCUT2D eigenvalue weighted by Gasteiger charge is -2.23. The molecule has 1 saturated carbocycles. The van der Waals surface area contributed by atoms with Crippen molar-refractivity contribution in [3.8, 4) is 23.3 Å². The molecule has 1 aromatic carbocycles. The van der Waals surface area contributed by atoms with Gasteiger partial charge in [-0.1, -0.05) is 11.8 Å². The number of nitrogens with two attached hydrogens (primary N) is 1. The third-order valence-electron chi connectivity index (χ3n) is 6.57. The number of ether oxygens (including phenoxy) is 2. The maximum atomic E-state index is 11.7. The van der Waals surface area contributed by atoms with Crippen LogP contribution in [-0.4, -0.2) is 57.4 Å². The van der Waals surface area contributed by atoms with Gasteiger partial charge < -0.3 is 29.8 Å². The zero-order valence-corrected chi connectivity index (χ0v) is 19.2. The lowest BCUT2D eigenvalue weighted by molar-refractivity contribution is 0.136. The van der Waals surface area contributed by atoms with E-state index in [0.717, 1.165) is 47.9 Å². The van der Waals surface area contributed by atoms with Gasteiger partial charge in [-0.15, -0.1) is 0 Å². The van der Waals surface area contributed by atoms with E-state index < -0.39 is 6.09 Å². The van der Waals surface area contributed by atoms with Crippen molar-refractivity contribution in [2.75, 3.05) is 26.5 Å². The highest BCUT2D eigenvalue weighted by Crippen LogP contribution is 2.45. The van der Waals surface area contributed by atoms with E-state index in [1.54, 1.807) is 20.3 Å². The summed E-state index contributed by atoms with van der Waals surface area (Å²) in [5.41, 5.74) is 9.67. The number of carbonyl (C=O) groups is 1. The number of nitrogen functional groups attached to an aromatic ring is 1. The molecule has 5 rings (SSSR count). The van der Waals surface area contributed by atoms with Crippen molar-refractivity contribution in [1.29, 1.82) is 0 Å². The maximum absolute atomic E-state index is 11.7. The first-order valence-electron chi connectivity index (χ1n) is 11.4. The molecule has 0 spiro atoms. The molecule has 0 radical (unpaired) electrons. The molecule has 3 aromatic rings. The number of aromatic nitrogens is 3. The number of rotatable bonds is 5. The predicted molar refractivity (Wildman–Crippen MR) is 127 cm³/mol. The van der Waals surface area contributed by atoms with Crippen LogP contribution in [0.3, 0.4) is 0 Å². The molecule has 2 aliphatic rings. The van der Waals surface area contributed by atoms with E-state index in [2.05, 4.69) is 26.4 Å². The number of likely N-dealkylation sites (tertiary alicyclic amines) is 1. The van der Waals surface area contributed by atoms with Crippen LogP contribution in [0.5, 0.6) is 11.5 Å². The van der Waals surface area contributed by atoms with Crippen LogP contribution < -0.4 is 15.2 Å². The maximum Gasteiger partial charge on any atom is 0.407 e. The van der Waals surface area contributed by atoms with Crippen molar-refractivity contribution in [2.45, 2.75) is 44.2 Å². The number of carboxylic acid groups (broad SMARTS) is 1. The van der Waals surface area contributed by atoms with E-state index in [0.29, 0.717) is 42.0 Å². The monoisotopic (exact) mass is 461 g/mol. The van der Waals surface area contributed by atoms with Crippen LogP contribution in [0.4, 0.5) is 10.6 Å². The fourth-order valence-corrected chi connectivity index (χ4v) is 4.81. The van der Waals surface area contributed by atoms with Crippen LogP contribution in [0.15, 0.2) is 24.5 Å². The second-order valence-corrected chi connectivity index (χ2v) is 8.73. The smallest absolute Gasteiger partial charge is 0.407 e. The minimum absolute atomic E-state index is 0.106. The Kier molecular flexibility index (Phi) is 5.65. The number of anilines is 1. The van der Waals surface area contributed by atoms with E-state index in [4.69, 9.17) is 15.2 Å². The Labute approximate surface area is 197 Å². The second kappa shape index (κ2) is 8.78. The molecule has 0 unspecified atom stereocenters. The highest BCUT2D eigenvalue weighted by Gasteiger charge is 2.35. The molecule has 3 N–H and O–H groups in total. The highest BCUT2D eigenvalue weighted by molar-refractivity contribution is 5.94. The Balaban J connectivity index is 1.65. The van der Waals surface area contributed by atoms with Gasteiger partial charge in [0.15, 0.2) is 0 Å². The summed E-state index contributed by atoms with van der Waals surface area (Å²) in [7, 11) is 3.21. The van der Waals surface area contributed by atoms with E-state index in [9.17, 15) is 9.90 Å². The average Bonchev–Trinajstić information content (AvgIpc) is 3.47. The SMILES string of the molecule is COc1cc(C#Cc2c(C3CC3)n(C[C@H]3CCCN3C(=O)O)c3ncnc(N)c23)cc(OC)c1. The molecule has 1 aliphatic carbocycles. The standard InChI is InChI=1S/C25H27N5O4/c1-33-18-10-15(11-19(12-18)34-2)5-8-20-21-23(26)27-14-28-24(21)30(22(20)16-6-7-16)13-17-4-3-9-29(17)25(31)32/h10-12,14,16-17H,3-4,6-7,9,13H2,1-2H3,(H,31,32)(H2,26,27,28)/t17-/m1/s1. The number of hydrogen-bond acceptors (Lipinski definition) is 6. The molecule has 176 valence electrons. The van der Waals surface area contributed by atoms with Gasteiger partial charge in [-0.3, -0.25) is 0 Å². The van der Waals surface area contributed by atoms with Gasteiger partial charge in [0.05, 0.1) is 31.2 Å². The highest BCUT2D eigenvalue weighted by atomic mass is 16.5. The first-order valence-corrected chi connectivity index (χ1v) is 11.4. The van der Waals surface area contributed by atoms with Crippen LogP contribution in [0.2, 0.25) is 0 Å². The molecular formula is C25H27N5O4. The summed E-state index contributed by atoms with van der Waals surface area (Å²) in [6.45, 7) is 1.08. The lowest BCUT2D eigenvalue weighted by Crippen LogP contribution is -2.37. The van der Waals surface area contributed by atoms with Crippen molar-refractivity contribution in [3.05, 3.63) is 41.3 Å². The van der Waals surface area contributed by atoms with Crippen LogP contribution in [0.1, 0.15) is 48.4 Å². The third kappa shape index (κ3) is 3.96. The molecule has 34 heavy (non-hydrogen) atoms. The number of methoxy groups -OCH3 is 2. The summed E-state index contributed by atoms with van der Waals surface area (Å²) >= 11 is 0. The molecule has 1 amide bonds. The van der Waals surface area contributed by atoms with Gasteiger partial charge in [0, 0.05) is 36.3 Å². The summed E-state index contributed by atoms with van der Waals surface area (Å²) < 4.78 is 12.9. The number of benzene rings is 1. The molecule has 1 aliphatic heterocycles. The zero-order valence-electron chi connectivity index (χ0n) is 19.2. The van der Waals surface area contributed by atoms with Gasteiger partial charge in [0.2, 0.25) is 0 Å². The van der Waals surface area contributed by atoms with Gasteiger partial charge in [-0.25, -0.2) is 14.8 Å². The van der Waals surface area contributed by atoms with E-state index in [1.807, 2.05) is 12.1 Å². The Morgan fingerprint density at radius 2 is 1.88 bits per heavy atom. The number of hydrogen-bond donors (Lipinski definition) is 2. The van der Waals surface area contributed by atoms with Crippen molar-refractivity contribution in [2.24, 2.45) is 0 Å². The number of nitrogens with zero attached hydrogens (tertiary/aromatic N) is 4. The van der Waals surface area contributed by atoms with Gasteiger partial charge in [0.1, 0.15) is 29.3 Å². The Bertz CT molecular complexity index is 1300. The van der Waals surface area contributed by atoms with E-state index in [1.165, 1.54) is 11.2 Å². The largest absolute Gasteiger partial charge is 0.497 e. The fourth-order valence-electron chi connectivity index (χ4n) is 4.81. The molecular weight excluding hydrogens is 434 g/mol. The Hall–Kier alpha value is -3.93. The van der Waals surface area contributed by atoms with Crippen LogP contribution in [-0.2, 0) is 6.54 Å². The quantitative estimate of drug-likeness (QED) is 0.559. The molecule has 1 atom stereocenters. The van der Waals surface area contributed by atoms with Crippen LogP contribution in [0, 0.1) is 11.8 Å². The third-order valence-corrected chi connectivity index (χ3v) is 6.57. The summed E-state index contributed by atoms with van der Waals surface area (Å²) in [6, 6.07) is 5.41. The lowest BCUT2D eigenvalue weighted by atomic mass is 10.1. The van der Waals surface area contributed by atoms with E-state index in [-0.39, 0.29) is 6.04 Å². The zero-order chi connectivity index (χ0) is 23.8. The van der Waals surface area contributed by atoms with Crippen molar-refractivity contribution < 1.29 is 19.4 Å². The van der Waals surface area contributed by atoms with Gasteiger partial charge in [0.25, 0.3) is 0 Å². The predicted octanol–water partition coefficient (Wildman–Crippen LogP) is 3.45. The molecule has 9 nitrogen and oxygen atoms in total. The molecule has 9 heteroatoms. The van der Waals surface area contributed by atoms with Crippen molar-refractivity contribution >= 4 is 22.9 Å². The first-order chi connectivity index (χ1) is 16.5. The minimum atomic E-state index is -0.881. The van der Waals surface area contributed by atoms with Crippen molar-refractivity contribution in [1.82, 2.24) is 19.4 Å². The molecule has 0 bridgehead atoms. The van der Waals surface area contributed by atoms with Gasteiger partial charge in [-0.2, -0.15) is 0 Å². The molecule has 3 heterocycles. The Morgan fingerprint density at radius 3 is 2.53 bits per heavy atom. The van der Waals surface area contributed by atoms with Gasteiger partial charge >= 0.3 is 6.09 Å². The normalized spacial score (nSPS) is 17.5. The second-order valence-electron chi connectivity index (χ2n) is 8.73. The summed E-state index contributed by atoms with van der Waals surface area (Å²) in [4.78, 5) is 22.1. The Morgan fingerprint density at radius 1 is 1.15 bits per heavy atom. The number of amides is 1. The number of fused-ring (bicyclic) bond motifs is 1. The topological polar surface area (TPSA) is 116 Å². The molecule has 1 saturated heterocycles. The summed E-state index contributed by atoms with van der Waals surface area (Å²) in [5.74, 6) is 8.63. The van der Waals surface area contributed by atoms with Crippen LogP contribution >= 0.6 is 0 Å². The fraction of sp³-hybridized carbons (Fsp3) is 0.400. The van der Waals surface area contributed by atoms with Crippen molar-refractivity contribution in [3.63, 3.8) is 0 Å². The van der Waals surface area contributed by atoms with Gasteiger partial charge in [-0.05, 0) is 37.8 Å². The summed E-state index contributed by atoms with van der Waals surface area (Å²) in [5, 5.41) is 10.4. The minimum Gasteiger partial charge on any atom is -0.497 e. The van der Waals surface area contributed by atoms with Crippen LogP contribution in [0.25, 0.3) is 11.0 Å². The molecule has 2 fully saturated rings. The average molecular weight is 462 g/mol. The summed E-state index contributed by atoms with van der Waals surface area (Å²) in [6.07, 6.45) is 4.36. The first kappa shape index (κ1) is 21.9. The van der Waals surface area contributed by atoms with E-state index >= 15 is 0 Å².